The molecule has 19 heavy (non-hydrogen) atoms. The number of carbonyl (C=O) groups excluding carboxylic acids is 2. The van der Waals surface area contributed by atoms with Crippen LogP contribution >= 0.6 is 11.6 Å². The summed E-state index contributed by atoms with van der Waals surface area (Å²) in [7, 11) is 0. The second-order valence-electron chi connectivity index (χ2n) is 5.06. The maximum absolute atomic E-state index is 14.0. The molecule has 1 N–H and O–H groups in total. The van der Waals surface area contributed by atoms with Crippen molar-refractivity contribution < 1.29 is 14.0 Å². The van der Waals surface area contributed by atoms with Gasteiger partial charge in [-0.3, -0.25) is 14.5 Å². The van der Waals surface area contributed by atoms with Crippen molar-refractivity contribution in [2.45, 2.75) is 32.4 Å². The fourth-order valence-corrected chi connectivity index (χ4v) is 2.21. The van der Waals surface area contributed by atoms with Crippen LogP contribution < -0.4 is 10.2 Å². The van der Waals surface area contributed by atoms with Gasteiger partial charge >= 0.3 is 0 Å². The highest BCUT2D eigenvalue weighted by molar-refractivity contribution is 6.30. The standard InChI is InChI=1S/C13H14ClFN2O2/c1-7-11(18)16-13(2,3)12(19)17(7)10-5-4-8(14)6-9(10)15/h4-7H,1-3H3,(H,16,18). The van der Waals surface area contributed by atoms with Gasteiger partial charge in [-0.15, -0.1) is 0 Å². The number of nitrogens with zero attached hydrogens (tertiary/aromatic N) is 1. The van der Waals surface area contributed by atoms with Gasteiger partial charge in [0.1, 0.15) is 17.4 Å². The normalized spacial score (nSPS) is 22.4. The fourth-order valence-electron chi connectivity index (χ4n) is 2.05. The molecule has 1 atom stereocenters. The van der Waals surface area contributed by atoms with Gasteiger partial charge in [0.25, 0.3) is 5.91 Å². The number of hydrogen-bond acceptors (Lipinski definition) is 2. The van der Waals surface area contributed by atoms with Crippen LogP contribution in [-0.2, 0) is 9.59 Å². The van der Waals surface area contributed by atoms with E-state index < -0.39 is 17.4 Å². The van der Waals surface area contributed by atoms with Crippen LogP contribution in [0.25, 0.3) is 0 Å². The fraction of sp³-hybridized carbons (Fsp3) is 0.385. The van der Waals surface area contributed by atoms with E-state index in [9.17, 15) is 14.0 Å². The van der Waals surface area contributed by atoms with E-state index in [2.05, 4.69) is 5.32 Å². The number of hydrogen-bond donors (Lipinski definition) is 1. The van der Waals surface area contributed by atoms with E-state index in [0.29, 0.717) is 0 Å². The number of benzene rings is 1. The SMILES string of the molecule is CC1C(=O)NC(C)(C)C(=O)N1c1ccc(Cl)cc1F. The van der Waals surface area contributed by atoms with E-state index in [1.165, 1.54) is 17.0 Å². The third-order valence-electron chi connectivity index (χ3n) is 3.13. The molecule has 1 unspecified atom stereocenters. The van der Waals surface area contributed by atoms with Crippen LogP contribution in [0.1, 0.15) is 20.8 Å². The summed E-state index contributed by atoms with van der Waals surface area (Å²) in [5.74, 6) is -1.31. The highest BCUT2D eigenvalue weighted by Gasteiger charge is 2.44. The average Bonchev–Trinajstić information content (AvgIpc) is 2.29. The molecule has 2 rings (SSSR count). The lowest BCUT2D eigenvalue weighted by atomic mass is 9.96. The molecule has 4 nitrogen and oxygen atoms in total. The van der Waals surface area contributed by atoms with Crippen LogP contribution in [0, 0.1) is 5.82 Å². The minimum Gasteiger partial charge on any atom is -0.340 e. The van der Waals surface area contributed by atoms with Gasteiger partial charge in [-0.05, 0) is 39.0 Å². The predicted octanol–water partition coefficient (Wildman–Crippen LogP) is 2.11. The smallest absolute Gasteiger partial charge is 0.252 e. The highest BCUT2D eigenvalue weighted by atomic mass is 35.5. The monoisotopic (exact) mass is 284 g/mol. The topological polar surface area (TPSA) is 49.4 Å². The van der Waals surface area contributed by atoms with Crippen LogP contribution in [-0.4, -0.2) is 23.4 Å². The zero-order chi connectivity index (χ0) is 14.4. The summed E-state index contributed by atoms with van der Waals surface area (Å²) in [6.07, 6.45) is 0. The Labute approximate surface area is 115 Å². The summed E-state index contributed by atoms with van der Waals surface area (Å²) in [6, 6.07) is 3.24. The molecule has 1 aromatic carbocycles. The molecule has 1 saturated heterocycles. The molecule has 1 aliphatic heterocycles. The molecule has 0 bridgehead atoms. The zero-order valence-electron chi connectivity index (χ0n) is 10.8. The maximum Gasteiger partial charge on any atom is 0.252 e. The van der Waals surface area contributed by atoms with Gasteiger partial charge in [-0.1, -0.05) is 11.6 Å². The van der Waals surface area contributed by atoms with Crippen molar-refractivity contribution >= 4 is 29.1 Å². The van der Waals surface area contributed by atoms with E-state index in [4.69, 9.17) is 11.6 Å². The second-order valence-corrected chi connectivity index (χ2v) is 5.50. The highest BCUT2D eigenvalue weighted by Crippen LogP contribution is 2.29. The van der Waals surface area contributed by atoms with Crippen LogP contribution in [0.15, 0.2) is 18.2 Å². The average molecular weight is 285 g/mol. The minimum absolute atomic E-state index is 0.0600. The molecular formula is C13H14ClFN2O2. The van der Waals surface area contributed by atoms with Crippen LogP contribution in [0.5, 0.6) is 0 Å². The summed E-state index contributed by atoms with van der Waals surface area (Å²) in [5.41, 5.74) is -1.000. The number of anilines is 1. The predicted molar refractivity (Wildman–Crippen MR) is 70.6 cm³/mol. The van der Waals surface area contributed by atoms with E-state index in [0.717, 1.165) is 6.07 Å². The summed E-state index contributed by atoms with van der Waals surface area (Å²) < 4.78 is 14.0. The van der Waals surface area contributed by atoms with E-state index >= 15 is 0 Å². The number of piperazine rings is 1. The third kappa shape index (κ3) is 2.30. The Morgan fingerprint density at radius 2 is 2.00 bits per heavy atom. The molecule has 1 aliphatic rings. The summed E-state index contributed by atoms with van der Waals surface area (Å²) in [4.78, 5) is 25.4. The Morgan fingerprint density at radius 3 is 2.58 bits per heavy atom. The molecule has 102 valence electrons. The van der Waals surface area contributed by atoms with Crippen molar-refractivity contribution in [2.24, 2.45) is 0 Å². The first-order valence-electron chi connectivity index (χ1n) is 5.85. The van der Waals surface area contributed by atoms with Crippen molar-refractivity contribution in [2.75, 3.05) is 4.90 Å². The molecule has 0 aliphatic carbocycles. The lowest BCUT2D eigenvalue weighted by Crippen LogP contribution is -2.67. The number of halogens is 2. The summed E-state index contributed by atoms with van der Waals surface area (Å²) >= 11 is 5.69. The maximum atomic E-state index is 14.0. The van der Waals surface area contributed by atoms with E-state index in [-0.39, 0.29) is 22.5 Å². The Morgan fingerprint density at radius 1 is 1.37 bits per heavy atom. The van der Waals surface area contributed by atoms with Gasteiger partial charge in [0.2, 0.25) is 5.91 Å². The first kappa shape index (κ1) is 13.8. The van der Waals surface area contributed by atoms with Crippen molar-refractivity contribution in [1.29, 1.82) is 0 Å². The first-order chi connectivity index (χ1) is 8.74. The Kier molecular flexibility index (Phi) is 3.26. The van der Waals surface area contributed by atoms with Gasteiger partial charge in [0, 0.05) is 5.02 Å². The van der Waals surface area contributed by atoms with E-state index in [1.807, 2.05) is 0 Å². The van der Waals surface area contributed by atoms with Crippen molar-refractivity contribution in [3.05, 3.63) is 29.0 Å². The first-order valence-corrected chi connectivity index (χ1v) is 6.22. The van der Waals surface area contributed by atoms with Gasteiger partial charge in [-0.2, -0.15) is 0 Å². The molecular weight excluding hydrogens is 271 g/mol. The van der Waals surface area contributed by atoms with Crippen molar-refractivity contribution in [1.82, 2.24) is 5.32 Å². The molecule has 1 aromatic rings. The Hall–Kier alpha value is -1.62. The Balaban J connectivity index is 2.51. The van der Waals surface area contributed by atoms with Crippen LogP contribution in [0.2, 0.25) is 5.02 Å². The largest absolute Gasteiger partial charge is 0.340 e. The number of carbonyl (C=O) groups is 2. The molecule has 0 aromatic heterocycles. The van der Waals surface area contributed by atoms with Gasteiger partial charge in [0.05, 0.1) is 5.69 Å². The molecule has 0 spiro atoms. The van der Waals surface area contributed by atoms with E-state index in [1.54, 1.807) is 20.8 Å². The molecule has 6 heteroatoms. The lowest BCUT2D eigenvalue weighted by Gasteiger charge is -2.41. The summed E-state index contributed by atoms with van der Waals surface area (Å²) in [5, 5.41) is 2.85. The van der Waals surface area contributed by atoms with Gasteiger partial charge in [0.15, 0.2) is 0 Å². The molecule has 1 heterocycles. The Bertz CT molecular complexity index is 560. The second kappa shape index (κ2) is 4.49. The zero-order valence-corrected chi connectivity index (χ0v) is 11.6. The van der Waals surface area contributed by atoms with Crippen molar-refractivity contribution in [3.63, 3.8) is 0 Å². The van der Waals surface area contributed by atoms with Crippen molar-refractivity contribution in [3.8, 4) is 0 Å². The number of rotatable bonds is 1. The molecule has 0 saturated carbocycles. The third-order valence-corrected chi connectivity index (χ3v) is 3.36. The van der Waals surface area contributed by atoms with Crippen LogP contribution in [0.3, 0.4) is 0 Å². The molecule has 2 amide bonds. The molecule has 1 fully saturated rings. The van der Waals surface area contributed by atoms with Crippen LogP contribution in [0.4, 0.5) is 10.1 Å². The van der Waals surface area contributed by atoms with Gasteiger partial charge < -0.3 is 5.32 Å². The number of nitrogens with one attached hydrogen (secondary N) is 1. The quantitative estimate of drug-likeness (QED) is 0.859. The number of amides is 2. The lowest BCUT2D eigenvalue weighted by molar-refractivity contribution is -0.136. The minimum atomic E-state index is -1.06. The van der Waals surface area contributed by atoms with Gasteiger partial charge in [-0.25, -0.2) is 4.39 Å². The molecule has 0 radical (unpaired) electrons. The summed E-state index contributed by atoms with van der Waals surface area (Å²) in [6.45, 7) is 4.72.